The number of likely N-dealkylation sites (N-methyl/N-ethyl adjacent to an activating group) is 1. The molecule has 1 aliphatic heterocycles. The van der Waals surface area contributed by atoms with E-state index in [1.54, 1.807) is 6.20 Å². The van der Waals surface area contributed by atoms with Gasteiger partial charge in [-0.15, -0.1) is 0 Å². The lowest BCUT2D eigenvalue weighted by molar-refractivity contribution is -0.119. The standard InChI is InChI=1S/C14H17N5O2/c1-9(20)16-10-7-12(19(2)8-10)14-17-13(18-21-14)11-5-3-4-6-15-11/h3-6,10,12H,7-8H2,1-2H3,(H,16,20). The van der Waals surface area contributed by atoms with E-state index in [0.717, 1.165) is 13.0 Å². The summed E-state index contributed by atoms with van der Waals surface area (Å²) in [6.07, 6.45) is 2.46. The largest absolute Gasteiger partial charge is 0.352 e. The number of hydrogen-bond acceptors (Lipinski definition) is 6. The van der Waals surface area contributed by atoms with Crippen LogP contribution in [0.3, 0.4) is 0 Å². The Hall–Kier alpha value is -2.28. The molecule has 0 aliphatic carbocycles. The molecule has 1 aliphatic rings. The maximum atomic E-state index is 11.1. The van der Waals surface area contributed by atoms with Crippen molar-refractivity contribution in [2.75, 3.05) is 13.6 Å². The summed E-state index contributed by atoms with van der Waals surface area (Å²) in [5.74, 6) is 1.03. The summed E-state index contributed by atoms with van der Waals surface area (Å²) in [4.78, 5) is 21.9. The Bertz CT molecular complexity index is 627. The summed E-state index contributed by atoms with van der Waals surface area (Å²) in [6, 6.07) is 5.70. The number of carbonyl (C=O) groups excluding carboxylic acids is 1. The van der Waals surface area contributed by atoms with E-state index in [2.05, 4.69) is 25.3 Å². The highest BCUT2D eigenvalue weighted by Crippen LogP contribution is 2.30. The summed E-state index contributed by atoms with van der Waals surface area (Å²) < 4.78 is 5.37. The third-order valence-corrected chi connectivity index (χ3v) is 3.58. The third-order valence-electron chi connectivity index (χ3n) is 3.58. The average molecular weight is 287 g/mol. The topological polar surface area (TPSA) is 84.2 Å². The number of nitrogens with zero attached hydrogens (tertiary/aromatic N) is 4. The number of rotatable bonds is 3. The molecule has 0 spiro atoms. The van der Waals surface area contributed by atoms with Crippen LogP contribution in [-0.2, 0) is 4.79 Å². The van der Waals surface area contributed by atoms with Gasteiger partial charge in [0, 0.05) is 25.7 Å². The van der Waals surface area contributed by atoms with Gasteiger partial charge in [-0.05, 0) is 25.6 Å². The predicted molar refractivity (Wildman–Crippen MR) is 75.1 cm³/mol. The lowest BCUT2D eigenvalue weighted by Crippen LogP contribution is -2.34. The molecule has 0 bridgehead atoms. The van der Waals surface area contributed by atoms with Gasteiger partial charge >= 0.3 is 0 Å². The van der Waals surface area contributed by atoms with E-state index in [1.165, 1.54) is 6.92 Å². The molecule has 0 radical (unpaired) electrons. The van der Waals surface area contributed by atoms with Crippen LogP contribution in [0.1, 0.15) is 25.3 Å². The molecular weight excluding hydrogens is 270 g/mol. The lowest BCUT2D eigenvalue weighted by Gasteiger charge is -2.13. The van der Waals surface area contributed by atoms with Gasteiger partial charge in [-0.1, -0.05) is 11.2 Å². The Morgan fingerprint density at radius 3 is 3.05 bits per heavy atom. The monoisotopic (exact) mass is 287 g/mol. The number of hydrogen-bond donors (Lipinski definition) is 1. The first-order chi connectivity index (χ1) is 10.1. The van der Waals surface area contributed by atoms with E-state index in [4.69, 9.17) is 4.52 Å². The molecule has 1 saturated heterocycles. The van der Waals surface area contributed by atoms with Crippen LogP contribution in [0.2, 0.25) is 0 Å². The fourth-order valence-corrected chi connectivity index (χ4v) is 2.65. The van der Waals surface area contributed by atoms with Crippen LogP contribution in [0.5, 0.6) is 0 Å². The first kappa shape index (κ1) is 13.7. The van der Waals surface area contributed by atoms with Crippen molar-refractivity contribution in [3.63, 3.8) is 0 Å². The van der Waals surface area contributed by atoms with Crippen molar-refractivity contribution in [3.05, 3.63) is 30.3 Å². The zero-order chi connectivity index (χ0) is 14.8. The zero-order valence-corrected chi connectivity index (χ0v) is 12.0. The Labute approximate surface area is 122 Å². The second-order valence-electron chi connectivity index (χ2n) is 5.26. The van der Waals surface area contributed by atoms with Crippen LogP contribution in [0.4, 0.5) is 0 Å². The second-order valence-corrected chi connectivity index (χ2v) is 5.26. The molecule has 0 saturated carbocycles. The molecule has 0 aromatic carbocycles. The number of aromatic nitrogens is 3. The molecule has 7 heteroatoms. The fourth-order valence-electron chi connectivity index (χ4n) is 2.65. The van der Waals surface area contributed by atoms with Gasteiger partial charge in [0.15, 0.2) is 0 Å². The summed E-state index contributed by atoms with van der Waals surface area (Å²) in [5, 5.41) is 6.92. The number of likely N-dealkylation sites (tertiary alicyclic amines) is 1. The smallest absolute Gasteiger partial charge is 0.244 e. The first-order valence-electron chi connectivity index (χ1n) is 6.86. The maximum absolute atomic E-state index is 11.1. The van der Waals surface area contributed by atoms with Crippen LogP contribution in [0.25, 0.3) is 11.5 Å². The van der Waals surface area contributed by atoms with Crippen LogP contribution in [-0.4, -0.2) is 45.6 Å². The summed E-state index contributed by atoms with van der Waals surface area (Å²) in [5.41, 5.74) is 0.687. The number of amides is 1. The van der Waals surface area contributed by atoms with Crippen LogP contribution >= 0.6 is 0 Å². The van der Waals surface area contributed by atoms with E-state index < -0.39 is 0 Å². The second kappa shape index (κ2) is 5.61. The van der Waals surface area contributed by atoms with Gasteiger partial charge < -0.3 is 9.84 Å². The minimum Gasteiger partial charge on any atom is -0.352 e. The number of pyridine rings is 1. The number of carbonyl (C=O) groups is 1. The minimum absolute atomic E-state index is 0.0197. The lowest BCUT2D eigenvalue weighted by atomic mass is 10.1. The summed E-state index contributed by atoms with van der Waals surface area (Å²) >= 11 is 0. The predicted octanol–water partition coefficient (Wildman–Crippen LogP) is 1.01. The minimum atomic E-state index is -0.0197. The molecule has 3 rings (SSSR count). The SMILES string of the molecule is CC(=O)NC1CC(c2nc(-c3ccccn3)no2)N(C)C1. The molecule has 2 atom stereocenters. The van der Waals surface area contributed by atoms with Crippen molar-refractivity contribution >= 4 is 5.91 Å². The highest BCUT2D eigenvalue weighted by molar-refractivity contribution is 5.73. The molecule has 2 unspecified atom stereocenters. The molecule has 1 N–H and O–H groups in total. The van der Waals surface area contributed by atoms with Gasteiger partial charge in [0.05, 0.1) is 6.04 Å². The molecule has 3 heterocycles. The molecule has 21 heavy (non-hydrogen) atoms. The molecule has 110 valence electrons. The third kappa shape index (κ3) is 2.92. The van der Waals surface area contributed by atoms with Crippen molar-refractivity contribution in [2.45, 2.75) is 25.4 Å². The quantitative estimate of drug-likeness (QED) is 0.907. The van der Waals surface area contributed by atoms with Gasteiger partial charge in [-0.3, -0.25) is 14.7 Å². The molecule has 1 fully saturated rings. The Morgan fingerprint density at radius 1 is 1.48 bits per heavy atom. The Morgan fingerprint density at radius 2 is 2.33 bits per heavy atom. The highest BCUT2D eigenvalue weighted by atomic mass is 16.5. The normalized spacial score (nSPS) is 22.4. The van der Waals surface area contributed by atoms with Crippen LogP contribution in [0, 0.1) is 0 Å². The van der Waals surface area contributed by atoms with E-state index in [0.29, 0.717) is 17.4 Å². The first-order valence-corrected chi connectivity index (χ1v) is 6.86. The molecule has 2 aromatic rings. The van der Waals surface area contributed by atoms with Crippen molar-refractivity contribution in [1.29, 1.82) is 0 Å². The van der Waals surface area contributed by atoms with Crippen molar-refractivity contribution in [1.82, 2.24) is 25.3 Å². The molecule has 1 amide bonds. The summed E-state index contributed by atoms with van der Waals surface area (Å²) in [6.45, 7) is 2.30. The van der Waals surface area contributed by atoms with Crippen LogP contribution in [0.15, 0.2) is 28.9 Å². The fraction of sp³-hybridized carbons (Fsp3) is 0.429. The van der Waals surface area contributed by atoms with Crippen LogP contribution < -0.4 is 5.32 Å². The maximum Gasteiger partial charge on any atom is 0.244 e. The van der Waals surface area contributed by atoms with Crippen molar-refractivity contribution in [2.24, 2.45) is 0 Å². The van der Waals surface area contributed by atoms with E-state index in [1.807, 2.05) is 25.2 Å². The van der Waals surface area contributed by atoms with Crippen molar-refractivity contribution in [3.8, 4) is 11.5 Å². The van der Waals surface area contributed by atoms with Gasteiger partial charge in [-0.25, -0.2) is 0 Å². The van der Waals surface area contributed by atoms with Crippen molar-refractivity contribution < 1.29 is 9.32 Å². The van der Waals surface area contributed by atoms with Gasteiger partial charge in [-0.2, -0.15) is 4.98 Å². The molecule has 7 nitrogen and oxygen atoms in total. The highest BCUT2D eigenvalue weighted by Gasteiger charge is 2.34. The summed E-state index contributed by atoms with van der Waals surface area (Å²) in [7, 11) is 1.98. The Kier molecular flexibility index (Phi) is 3.66. The zero-order valence-electron chi connectivity index (χ0n) is 12.0. The molecule has 2 aromatic heterocycles. The molecular formula is C14H17N5O2. The number of nitrogens with one attached hydrogen (secondary N) is 1. The van der Waals surface area contributed by atoms with E-state index in [-0.39, 0.29) is 18.0 Å². The van der Waals surface area contributed by atoms with Gasteiger partial charge in [0.25, 0.3) is 0 Å². The van der Waals surface area contributed by atoms with E-state index in [9.17, 15) is 4.79 Å². The van der Waals surface area contributed by atoms with E-state index >= 15 is 0 Å². The van der Waals surface area contributed by atoms with Gasteiger partial charge in [0.2, 0.25) is 17.6 Å². The Balaban J connectivity index is 1.76. The van der Waals surface area contributed by atoms with Gasteiger partial charge in [0.1, 0.15) is 5.69 Å². The average Bonchev–Trinajstić information content (AvgIpc) is 3.06.